The van der Waals surface area contributed by atoms with Crippen LogP contribution in [-0.4, -0.2) is 51.3 Å². The van der Waals surface area contributed by atoms with Crippen molar-refractivity contribution in [2.75, 3.05) is 0 Å². The normalized spacial score (nSPS) is 17.4. The summed E-state index contributed by atoms with van der Waals surface area (Å²) < 4.78 is 50.7. The summed E-state index contributed by atoms with van der Waals surface area (Å²) in [5.41, 5.74) is 32.8. The summed E-state index contributed by atoms with van der Waals surface area (Å²) in [6.07, 6.45) is 11.4. The van der Waals surface area contributed by atoms with Crippen molar-refractivity contribution >= 4 is 231 Å². The average molecular weight is 1690 g/mol. The molecule has 9 aliphatic heterocycles. The summed E-state index contributed by atoms with van der Waals surface area (Å²) in [6.45, 7) is 0. The lowest BCUT2D eigenvalue weighted by molar-refractivity contribution is -0.924. The van der Waals surface area contributed by atoms with Crippen LogP contribution in [0.25, 0.3) is 231 Å². The number of nitrogens with zero attached hydrogens (tertiary/aromatic N) is 17. The van der Waals surface area contributed by atoms with E-state index in [4.69, 9.17) is 39.1 Å². The molecule has 0 bridgehead atoms. The van der Waals surface area contributed by atoms with E-state index >= 15 is 0 Å². The Morgan fingerprint density at radius 2 is 0.485 bits per heavy atom. The van der Waals surface area contributed by atoms with Gasteiger partial charge in [-0.3, -0.25) is 4.98 Å². The number of fused-ring (bicyclic) bond motifs is 36. The highest BCUT2D eigenvalue weighted by molar-refractivity contribution is 6.24. The molecule has 600 valence electrons. The average Bonchev–Trinajstić information content (AvgIpc) is 1.46. The van der Waals surface area contributed by atoms with Crippen molar-refractivity contribution in [1.82, 2.24) is 51.3 Å². The summed E-state index contributed by atoms with van der Waals surface area (Å²) >= 11 is 0. The van der Waals surface area contributed by atoms with E-state index < -0.39 is 17.0 Å². The van der Waals surface area contributed by atoms with Gasteiger partial charge in [0, 0.05) is 78.5 Å². The summed E-state index contributed by atoms with van der Waals surface area (Å²) in [4.78, 5) is 24.8. The molecule has 0 radical (unpaired) electrons. The Labute approximate surface area is 738 Å². The van der Waals surface area contributed by atoms with Crippen LogP contribution in [0.1, 0.15) is 33.4 Å². The molecule has 9 aliphatic rings. The molecule has 0 fully saturated rings. The topological polar surface area (TPSA) is 142 Å². The number of aromatic nitrogens is 17. The smallest absolute Gasteiger partial charge is 0.316 e. The van der Waals surface area contributed by atoms with Crippen molar-refractivity contribution in [3.05, 3.63) is 368 Å². The third-order valence-electron chi connectivity index (χ3n) is 31.7. The van der Waals surface area contributed by atoms with Crippen molar-refractivity contribution in [1.29, 1.82) is 0 Å². The third kappa shape index (κ3) is 6.28. The molecule has 30 aromatic rings. The summed E-state index contributed by atoms with van der Waals surface area (Å²) in [6, 6.07) is 107. The second-order valence-electron chi connectivity index (χ2n) is 36.8. The molecule has 3 unspecified atom stereocenters. The Balaban J connectivity index is 0.0000000844. The van der Waals surface area contributed by atoms with E-state index in [1.54, 1.807) is 12.4 Å². The van der Waals surface area contributed by atoms with Gasteiger partial charge in [-0.05, 0) is 169 Å². The van der Waals surface area contributed by atoms with Gasteiger partial charge in [0.1, 0.15) is 102 Å². The maximum atomic E-state index is 6.93. The zero-order valence-corrected chi connectivity index (χ0v) is 69.1. The minimum Gasteiger partial charge on any atom is -0.456 e. The minimum absolute atomic E-state index is 0.703. The molecule has 3 spiro atoms. The molecule has 16 aromatic heterocycles. The second kappa shape index (κ2) is 20.7. The van der Waals surface area contributed by atoms with Gasteiger partial charge in [0.25, 0.3) is 22.6 Å². The second-order valence-corrected chi connectivity index (χ2v) is 36.8. The number of imidazole rings is 6. The molecule has 0 amide bonds. The number of para-hydroxylation sites is 11. The van der Waals surface area contributed by atoms with Crippen LogP contribution in [0.2, 0.25) is 0 Å². The zero-order chi connectivity index (χ0) is 84.2. The van der Waals surface area contributed by atoms with E-state index in [0.717, 1.165) is 123 Å². The molecule has 0 N–H and O–H groups in total. The van der Waals surface area contributed by atoms with Gasteiger partial charge in [0.15, 0.2) is 55.2 Å². The fourth-order valence-electron chi connectivity index (χ4n) is 27.7. The molecule has 39 rings (SSSR count). The maximum Gasteiger partial charge on any atom is 0.316 e. The molecule has 0 saturated heterocycles. The molecule has 14 aromatic carbocycles. The summed E-state index contributed by atoms with van der Waals surface area (Å²) in [7, 11) is 0. The van der Waals surface area contributed by atoms with E-state index in [-0.39, 0.29) is 0 Å². The van der Waals surface area contributed by atoms with Crippen molar-refractivity contribution < 1.29 is 41.6 Å². The predicted octanol–water partition coefficient (Wildman–Crippen LogP) is 20.1. The Bertz CT molecular complexity index is 9660. The molecule has 20 nitrogen and oxygen atoms in total. The van der Waals surface area contributed by atoms with Crippen LogP contribution in [0.5, 0.6) is 34.5 Å². The third-order valence-corrected chi connectivity index (χ3v) is 31.7. The first-order valence-electron chi connectivity index (χ1n) is 45.0. The standard InChI is InChI=1S/2C38H19N5O.C36H17N7O/c1-3-10-24-20(8-1)22-15-17-29-33-31(22)36-40(24)26-12-5-6-13-27(26)42(36)38(33)34-30(44-29)18-16-23-21-9-2-4-11-25(21)41-28-14-7-19-39-35(28)43(38)37(41)32(23)34;1-3-9-24-20(7-1)22-13-15-30-34-32(22)36-40(24)26-11-5-6-12-28(26)42(36)38(34)35-31(44-30)16-14-23-21-8-2-4-10-25(21)41-27-17-18-39-19-29(27)43(38)37(41)33(23)35;1-2-7-21-18(6-1)19-11-13-25-29-27(19)34-40(21)22-8-3-4-9-23(22)42(34)36(29)30-26(44-25)14-12-20-28(30)35-41(33-31(20)37-16-17-39-33)24-10-5-15-38-32(24)43(35)36/h2*1-19H;1-17H/q3*+2. The lowest BCUT2D eigenvalue weighted by Crippen LogP contribution is -2.72. The van der Waals surface area contributed by atoms with Crippen LogP contribution in [0, 0.1) is 0 Å². The van der Waals surface area contributed by atoms with E-state index in [9.17, 15) is 0 Å². The van der Waals surface area contributed by atoms with Gasteiger partial charge in [-0.25, -0.2) is 18.8 Å². The number of pyridine rings is 9. The lowest BCUT2D eigenvalue weighted by Gasteiger charge is -2.31. The van der Waals surface area contributed by atoms with E-state index in [1.807, 2.05) is 30.9 Å². The highest BCUT2D eigenvalue weighted by Crippen LogP contribution is 2.64. The van der Waals surface area contributed by atoms with Gasteiger partial charge in [-0.1, -0.05) is 127 Å². The maximum absolute atomic E-state index is 6.93. The molecule has 3 atom stereocenters. The number of ether oxygens (including phenoxy) is 3. The molecule has 0 aliphatic carbocycles. The van der Waals surface area contributed by atoms with Gasteiger partial charge in [-0.15, -0.1) is 9.97 Å². The van der Waals surface area contributed by atoms with Crippen LogP contribution in [0.15, 0.2) is 334 Å². The fraction of sp³-hybridized carbons (Fsp3) is 0.0268. The Morgan fingerprint density at radius 3 is 0.871 bits per heavy atom. The molecule has 0 saturated carbocycles. The Kier molecular flexibility index (Phi) is 10.1. The SMILES string of the molecule is c1ccc2c(c1)c1ccc3c4c1c1n2c2ccccc2[n+]1C41c2c(ccc4c5ccccc5n5c6cccnc6[n+]1c5c24)O3.c1ccc2c(c1)c1ccc3c4c1c1n2c2ccccc2[n+]1C41c2c(ccc4c5ccccc5n5c6ccncc6[n+]1c5c24)O3.c1ccc2c(c1)c1ccc3c4c1c1n2c2ccccc2[n+]1C41c2c(ccc4c5nccnc5n5c6cccnc6[n+]1c5c24)O3. The number of rotatable bonds is 0. The molecule has 20 heteroatoms. The van der Waals surface area contributed by atoms with Crippen molar-refractivity contribution in [3.8, 4) is 34.5 Å². The van der Waals surface area contributed by atoms with Gasteiger partial charge in [-0.2, -0.15) is 45.0 Å². The fourth-order valence-corrected chi connectivity index (χ4v) is 27.7. The van der Waals surface area contributed by atoms with Crippen LogP contribution < -0.4 is 41.6 Å². The van der Waals surface area contributed by atoms with E-state index in [1.165, 1.54) is 175 Å². The van der Waals surface area contributed by atoms with Gasteiger partial charge >= 0.3 is 28.3 Å². The van der Waals surface area contributed by atoms with Gasteiger partial charge in [0.2, 0.25) is 16.9 Å². The number of hydrogen-bond acceptors (Lipinski definition) is 8. The zero-order valence-electron chi connectivity index (χ0n) is 69.1. The highest BCUT2D eigenvalue weighted by atomic mass is 16.5. The molecule has 132 heavy (non-hydrogen) atoms. The van der Waals surface area contributed by atoms with Crippen molar-refractivity contribution in [2.45, 2.75) is 17.0 Å². The molecular weight excluding hydrogens is 1630 g/mol. The molecular formula is C112H55N17O3+6. The van der Waals surface area contributed by atoms with E-state index in [0.29, 0.717) is 0 Å². The summed E-state index contributed by atoms with van der Waals surface area (Å²) in [5, 5.41) is 20.7. The predicted molar refractivity (Wildman–Crippen MR) is 505 cm³/mol. The van der Waals surface area contributed by atoms with Gasteiger partial charge < -0.3 is 14.2 Å². The number of benzene rings is 14. The quantitative estimate of drug-likeness (QED) is 0.108. The van der Waals surface area contributed by atoms with Crippen LogP contribution >= 0.6 is 0 Å². The van der Waals surface area contributed by atoms with Crippen molar-refractivity contribution in [2.24, 2.45) is 0 Å². The molecule has 25 heterocycles. The highest BCUT2D eigenvalue weighted by Gasteiger charge is 2.71. The minimum atomic E-state index is -0.781. The summed E-state index contributed by atoms with van der Waals surface area (Å²) in [5.74, 6) is 5.37. The first-order chi connectivity index (χ1) is 65.6. The van der Waals surface area contributed by atoms with Crippen molar-refractivity contribution in [3.63, 3.8) is 0 Å². The lowest BCUT2D eigenvalue weighted by atomic mass is 9.85. The van der Waals surface area contributed by atoms with Gasteiger partial charge in [0.05, 0.1) is 49.6 Å². The van der Waals surface area contributed by atoms with Crippen LogP contribution in [-0.2, 0) is 17.0 Å². The Morgan fingerprint density at radius 1 is 0.205 bits per heavy atom. The van der Waals surface area contributed by atoms with Crippen LogP contribution in [0.3, 0.4) is 0 Å². The number of hydrogen-bond donors (Lipinski definition) is 0. The Hall–Kier alpha value is -18.2. The van der Waals surface area contributed by atoms with Crippen LogP contribution in [0.4, 0.5) is 0 Å². The first kappa shape index (κ1) is 64.6. The largest absolute Gasteiger partial charge is 0.456 e. The first-order valence-corrected chi connectivity index (χ1v) is 45.0. The monoisotopic (exact) mass is 1690 g/mol. The van der Waals surface area contributed by atoms with E-state index in [2.05, 4.69) is 345 Å².